The molecule has 0 bridgehead atoms. The first-order valence-electron chi connectivity index (χ1n) is 6.72. The maximum Gasteiger partial charge on any atom is 0.269 e. The second kappa shape index (κ2) is 5.19. The van der Waals surface area contributed by atoms with Crippen molar-refractivity contribution < 1.29 is 13.3 Å². The third kappa shape index (κ3) is 2.60. The third-order valence-electron chi connectivity index (χ3n) is 3.65. The highest BCUT2D eigenvalue weighted by Gasteiger charge is 2.45. The first-order valence-corrected chi connectivity index (χ1v) is 8.16. The Hall–Kier alpha value is -2.25. The molecule has 0 aromatic heterocycles. The highest BCUT2D eigenvalue weighted by atomic mass is 32.2. The van der Waals surface area contributed by atoms with Crippen LogP contribution in [0.5, 0.6) is 0 Å². The Bertz CT molecular complexity index is 831. The molecule has 2 atom stereocenters. The van der Waals surface area contributed by atoms with E-state index in [1.165, 1.54) is 28.6 Å². The normalized spacial score (nSPS) is 20.6. The van der Waals surface area contributed by atoms with Gasteiger partial charge in [-0.2, -0.15) is 4.31 Å². The minimum absolute atomic E-state index is 0.0771. The molecule has 2 aromatic carbocycles. The second-order valence-corrected chi connectivity index (χ2v) is 7.15. The molecule has 2 aromatic rings. The Morgan fingerprint density at radius 2 is 1.86 bits per heavy atom. The zero-order valence-corrected chi connectivity index (χ0v) is 12.7. The molecule has 7 heteroatoms. The van der Waals surface area contributed by atoms with Crippen molar-refractivity contribution in [2.75, 3.05) is 6.54 Å². The summed E-state index contributed by atoms with van der Waals surface area (Å²) in [5.41, 5.74) is 1.92. The number of sulfonamides is 1. The molecule has 0 spiro atoms. The zero-order valence-electron chi connectivity index (χ0n) is 11.8. The molecule has 0 N–H and O–H groups in total. The summed E-state index contributed by atoms with van der Waals surface area (Å²) in [6, 6.07) is 12.5. The van der Waals surface area contributed by atoms with E-state index in [1.807, 2.05) is 31.2 Å². The summed E-state index contributed by atoms with van der Waals surface area (Å²) in [6.07, 6.45) is 0. The van der Waals surface area contributed by atoms with Crippen molar-refractivity contribution in [1.29, 1.82) is 0 Å². The number of nitro benzene ring substituents is 1. The summed E-state index contributed by atoms with van der Waals surface area (Å²) < 4.78 is 26.4. The maximum atomic E-state index is 12.5. The van der Waals surface area contributed by atoms with E-state index in [2.05, 4.69) is 0 Å². The summed E-state index contributed by atoms with van der Waals surface area (Å²) >= 11 is 0. The van der Waals surface area contributed by atoms with E-state index >= 15 is 0 Å². The molecule has 1 aliphatic heterocycles. The molecule has 1 unspecified atom stereocenters. The van der Waals surface area contributed by atoms with E-state index in [1.54, 1.807) is 0 Å². The van der Waals surface area contributed by atoms with Gasteiger partial charge in [0.05, 0.1) is 15.9 Å². The van der Waals surface area contributed by atoms with Gasteiger partial charge in [-0.3, -0.25) is 10.1 Å². The van der Waals surface area contributed by atoms with Crippen molar-refractivity contribution >= 4 is 15.7 Å². The van der Waals surface area contributed by atoms with Crippen LogP contribution in [0.25, 0.3) is 0 Å². The van der Waals surface area contributed by atoms with Crippen LogP contribution in [-0.2, 0) is 10.0 Å². The molecule has 6 nitrogen and oxygen atoms in total. The Kier molecular flexibility index (Phi) is 3.46. The lowest BCUT2D eigenvalue weighted by Gasteiger charge is -2.07. The first kappa shape index (κ1) is 14.7. The lowest BCUT2D eigenvalue weighted by atomic mass is 10.1. The second-order valence-electron chi connectivity index (χ2n) is 5.26. The summed E-state index contributed by atoms with van der Waals surface area (Å²) in [6.45, 7) is 2.39. The molecule has 0 amide bonds. The van der Waals surface area contributed by atoms with Crippen molar-refractivity contribution in [2.45, 2.75) is 17.9 Å². The van der Waals surface area contributed by atoms with Crippen LogP contribution in [-0.4, -0.2) is 24.2 Å². The first-order chi connectivity index (χ1) is 10.4. The minimum atomic E-state index is -3.61. The summed E-state index contributed by atoms with van der Waals surface area (Å²) in [7, 11) is -3.61. The van der Waals surface area contributed by atoms with Gasteiger partial charge in [0.15, 0.2) is 0 Å². The van der Waals surface area contributed by atoms with Gasteiger partial charge in [-0.15, -0.1) is 0 Å². The molecule has 1 saturated heterocycles. The summed E-state index contributed by atoms with van der Waals surface area (Å²) in [5.74, 6) is 0. The number of aryl methyl sites for hydroxylation is 1. The predicted molar refractivity (Wildman–Crippen MR) is 80.9 cm³/mol. The monoisotopic (exact) mass is 318 g/mol. The van der Waals surface area contributed by atoms with Gasteiger partial charge in [0.1, 0.15) is 0 Å². The lowest BCUT2D eigenvalue weighted by Crippen LogP contribution is -2.12. The van der Waals surface area contributed by atoms with Crippen LogP contribution in [0, 0.1) is 17.0 Å². The molecule has 22 heavy (non-hydrogen) atoms. The molecule has 0 saturated carbocycles. The van der Waals surface area contributed by atoms with Crippen molar-refractivity contribution in [3.05, 3.63) is 69.8 Å². The molecule has 1 aliphatic rings. The average Bonchev–Trinajstić information content (AvgIpc) is 3.28. The van der Waals surface area contributed by atoms with Gasteiger partial charge in [0.2, 0.25) is 10.0 Å². The largest absolute Gasteiger partial charge is 0.269 e. The van der Waals surface area contributed by atoms with E-state index in [0.29, 0.717) is 6.54 Å². The van der Waals surface area contributed by atoms with Crippen molar-refractivity contribution in [3.8, 4) is 0 Å². The Morgan fingerprint density at radius 1 is 1.18 bits per heavy atom. The van der Waals surface area contributed by atoms with E-state index < -0.39 is 14.9 Å². The fraction of sp³-hybridized carbons (Fsp3) is 0.200. The van der Waals surface area contributed by atoms with Gasteiger partial charge < -0.3 is 0 Å². The SMILES string of the molecule is Cc1cccc([C@H]2CN2S(=O)(=O)c2ccc([N+](=O)[O-])cc2)c1. The molecule has 0 radical (unpaired) electrons. The van der Waals surface area contributed by atoms with Crippen molar-refractivity contribution in [1.82, 2.24) is 4.31 Å². The van der Waals surface area contributed by atoms with Crippen LogP contribution >= 0.6 is 0 Å². The average molecular weight is 318 g/mol. The molecule has 3 rings (SSSR count). The molecule has 1 heterocycles. The van der Waals surface area contributed by atoms with Gasteiger partial charge in [-0.25, -0.2) is 8.42 Å². The summed E-state index contributed by atoms with van der Waals surface area (Å²) in [4.78, 5) is 10.1. The molecule has 114 valence electrons. The van der Waals surface area contributed by atoms with Crippen molar-refractivity contribution in [2.24, 2.45) is 0 Å². The van der Waals surface area contributed by atoms with Gasteiger partial charge in [-0.1, -0.05) is 29.8 Å². The molecule has 0 aliphatic carbocycles. The molecule has 1 fully saturated rings. The number of non-ortho nitro benzene ring substituents is 1. The van der Waals surface area contributed by atoms with Gasteiger partial charge in [0, 0.05) is 18.7 Å². The summed E-state index contributed by atoms with van der Waals surface area (Å²) in [5, 5.41) is 10.6. The topological polar surface area (TPSA) is 80.3 Å². The molecular weight excluding hydrogens is 304 g/mol. The lowest BCUT2D eigenvalue weighted by molar-refractivity contribution is -0.384. The van der Waals surface area contributed by atoms with Crippen LogP contribution in [0.15, 0.2) is 53.4 Å². The Labute approximate surface area is 128 Å². The fourth-order valence-electron chi connectivity index (χ4n) is 2.41. The van der Waals surface area contributed by atoms with Crippen LogP contribution in [0.1, 0.15) is 17.2 Å². The van der Waals surface area contributed by atoms with Crippen LogP contribution in [0.4, 0.5) is 5.69 Å². The van der Waals surface area contributed by atoms with Crippen LogP contribution in [0.2, 0.25) is 0 Å². The number of hydrogen-bond acceptors (Lipinski definition) is 4. The number of hydrogen-bond donors (Lipinski definition) is 0. The maximum absolute atomic E-state index is 12.5. The number of nitro groups is 1. The van der Waals surface area contributed by atoms with E-state index in [-0.39, 0.29) is 16.6 Å². The standard InChI is InChI=1S/C15H14N2O4S/c1-11-3-2-4-12(9-11)15-10-16(15)22(20,21)14-7-5-13(6-8-14)17(18)19/h2-9,15H,10H2,1H3/t15-,16?/m1/s1. The van der Waals surface area contributed by atoms with E-state index in [9.17, 15) is 18.5 Å². The van der Waals surface area contributed by atoms with E-state index in [4.69, 9.17) is 0 Å². The highest BCUT2D eigenvalue weighted by Crippen LogP contribution is 2.40. The predicted octanol–water partition coefficient (Wildman–Crippen LogP) is 2.65. The number of benzene rings is 2. The zero-order chi connectivity index (χ0) is 15.9. The van der Waals surface area contributed by atoms with Gasteiger partial charge in [0.25, 0.3) is 5.69 Å². The third-order valence-corrected chi connectivity index (χ3v) is 5.54. The van der Waals surface area contributed by atoms with Gasteiger partial charge >= 0.3 is 0 Å². The Morgan fingerprint density at radius 3 is 2.45 bits per heavy atom. The van der Waals surface area contributed by atoms with E-state index in [0.717, 1.165) is 11.1 Å². The van der Waals surface area contributed by atoms with Gasteiger partial charge in [-0.05, 0) is 24.6 Å². The fourth-order valence-corrected chi connectivity index (χ4v) is 3.96. The van der Waals surface area contributed by atoms with Crippen molar-refractivity contribution in [3.63, 3.8) is 0 Å². The Balaban J connectivity index is 1.84. The smallest absolute Gasteiger partial charge is 0.258 e. The van der Waals surface area contributed by atoms with Crippen LogP contribution < -0.4 is 0 Å². The number of rotatable bonds is 4. The molecular formula is C15H14N2O4S. The minimum Gasteiger partial charge on any atom is -0.258 e. The quantitative estimate of drug-likeness (QED) is 0.493. The number of nitrogens with zero attached hydrogens (tertiary/aromatic N) is 2. The highest BCUT2D eigenvalue weighted by molar-refractivity contribution is 7.89. The van der Waals surface area contributed by atoms with Crippen LogP contribution in [0.3, 0.4) is 0 Å².